The molecular formula is C40H52N4O8. The Morgan fingerprint density at radius 1 is 0.635 bits per heavy atom. The van der Waals surface area contributed by atoms with Gasteiger partial charge in [-0.05, 0) is 61.1 Å². The highest BCUT2D eigenvalue weighted by molar-refractivity contribution is 5.96. The summed E-state index contributed by atoms with van der Waals surface area (Å²) in [5.41, 5.74) is 5.51. The van der Waals surface area contributed by atoms with Crippen LogP contribution in [-0.2, 0) is 9.47 Å². The van der Waals surface area contributed by atoms with E-state index in [9.17, 15) is 19.8 Å². The van der Waals surface area contributed by atoms with E-state index in [-0.39, 0.29) is 11.1 Å². The number of hydrogen-bond donors (Lipinski definition) is 2. The molecule has 0 spiro atoms. The van der Waals surface area contributed by atoms with Crippen LogP contribution in [0.4, 0.5) is 22.7 Å². The van der Waals surface area contributed by atoms with Gasteiger partial charge in [0.2, 0.25) is 0 Å². The molecule has 0 aliphatic heterocycles. The Hall–Kier alpha value is -5.20. The van der Waals surface area contributed by atoms with Crippen molar-refractivity contribution in [2.24, 2.45) is 0 Å². The van der Waals surface area contributed by atoms with Crippen molar-refractivity contribution in [3.8, 4) is 11.5 Å². The molecule has 4 rings (SSSR count). The van der Waals surface area contributed by atoms with Gasteiger partial charge in [0.15, 0.2) is 0 Å². The number of anilines is 4. The first-order chi connectivity index (χ1) is 25.0. The summed E-state index contributed by atoms with van der Waals surface area (Å²) < 4.78 is 21.9. The zero-order valence-corrected chi connectivity index (χ0v) is 31.5. The molecule has 0 atom stereocenters. The zero-order chi connectivity index (χ0) is 38.2. The lowest BCUT2D eigenvalue weighted by Crippen LogP contribution is -2.19. The summed E-state index contributed by atoms with van der Waals surface area (Å²) in [6.07, 6.45) is 5.95. The van der Waals surface area contributed by atoms with Gasteiger partial charge in [0.25, 0.3) is 0 Å². The maximum Gasteiger partial charge on any atom is 0.339 e. The van der Waals surface area contributed by atoms with Gasteiger partial charge in [0, 0.05) is 75.6 Å². The van der Waals surface area contributed by atoms with Gasteiger partial charge in [-0.1, -0.05) is 39.8 Å². The first kappa shape index (κ1) is 41.2. The number of hydrogen-bond acceptors (Lipinski definition) is 10. The van der Waals surface area contributed by atoms with Crippen molar-refractivity contribution in [2.75, 3.05) is 63.5 Å². The molecule has 0 radical (unpaired) electrons. The summed E-state index contributed by atoms with van der Waals surface area (Å²) >= 11 is 0. The molecule has 0 saturated heterocycles. The van der Waals surface area contributed by atoms with Crippen LogP contribution in [0, 0.1) is 0 Å². The van der Waals surface area contributed by atoms with E-state index < -0.39 is 11.9 Å². The standard InChI is InChI=1S/2C20H26N2O4/c2*1-5-22(18-8-9-21-13-17(18)20(23)24)15-6-7-16(14(2)3)19(12-15)26-11-10-25-4/h2*6-9,12-14H,5,10-11H2,1-4H3,(H,23,24). The maximum absolute atomic E-state index is 11.6. The minimum Gasteiger partial charge on any atom is -0.491 e. The molecule has 12 nitrogen and oxygen atoms in total. The molecule has 280 valence electrons. The van der Waals surface area contributed by atoms with Gasteiger partial charge >= 0.3 is 11.9 Å². The molecule has 0 aliphatic carbocycles. The Morgan fingerprint density at radius 2 is 1.02 bits per heavy atom. The van der Waals surface area contributed by atoms with E-state index >= 15 is 0 Å². The van der Waals surface area contributed by atoms with Crippen LogP contribution < -0.4 is 19.3 Å². The predicted molar refractivity (Wildman–Crippen MR) is 204 cm³/mol. The van der Waals surface area contributed by atoms with Crippen LogP contribution in [0.25, 0.3) is 0 Å². The third-order valence-electron chi connectivity index (χ3n) is 8.22. The molecule has 12 heteroatoms. The van der Waals surface area contributed by atoms with E-state index in [0.717, 1.165) is 34.0 Å². The number of carbonyl (C=O) groups is 2. The van der Waals surface area contributed by atoms with Crippen molar-refractivity contribution in [3.63, 3.8) is 0 Å². The quantitative estimate of drug-likeness (QED) is 0.0959. The number of rotatable bonds is 18. The topological polar surface area (TPSA) is 144 Å². The normalized spacial score (nSPS) is 10.8. The lowest BCUT2D eigenvalue weighted by atomic mass is 10.0. The second kappa shape index (κ2) is 20.6. The van der Waals surface area contributed by atoms with Gasteiger partial charge in [-0.2, -0.15) is 0 Å². The number of aromatic carboxylic acids is 2. The summed E-state index contributed by atoms with van der Waals surface area (Å²) in [5, 5.41) is 18.9. The third-order valence-corrected chi connectivity index (χ3v) is 8.22. The molecule has 0 aliphatic rings. The van der Waals surface area contributed by atoms with Gasteiger partial charge < -0.3 is 39.0 Å². The number of pyridine rings is 2. The highest BCUT2D eigenvalue weighted by Crippen LogP contribution is 2.36. The predicted octanol–water partition coefficient (Wildman–Crippen LogP) is 8.17. The summed E-state index contributed by atoms with van der Waals surface area (Å²) in [4.78, 5) is 34.9. The molecule has 2 heterocycles. The number of methoxy groups -OCH3 is 2. The van der Waals surface area contributed by atoms with Crippen molar-refractivity contribution in [1.82, 2.24) is 9.97 Å². The fraction of sp³-hybridized carbons (Fsp3) is 0.400. The smallest absolute Gasteiger partial charge is 0.339 e. The number of nitrogens with zero attached hydrogens (tertiary/aromatic N) is 4. The maximum atomic E-state index is 11.6. The first-order valence-corrected chi connectivity index (χ1v) is 17.4. The summed E-state index contributed by atoms with van der Waals surface area (Å²) in [6, 6.07) is 15.4. The Kier molecular flexibility index (Phi) is 16.3. The van der Waals surface area contributed by atoms with Crippen LogP contribution in [0.3, 0.4) is 0 Å². The van der Waals surface area contributed by atoms with Crippen molar-refractivity contribution in [2.45, 2.75) is 53.4 Å². The molecular weight excluding hydrogens is 664 g/mol. The van der Waals surface area contributed by atoms with Crippen LogP contribution >= 0.6 is 0 Å². The molecule has 2 aromatic heterocycles. The van der Waals surface area contributed by atoms with Gasteiger partial charge in [0.05, 0.1) is 24.6 Å². The summed E-state index contributed by atoms with van der Waals surface area (Å²) in [6.45, 7) is 15.6. The molecule has 2 N–H and O–H groups in total. The van der Waals surface area contributed by atoms with Crippen LogP contribution in [0.5, 0.6) is 11.5 Å². The number of carboxylic acids is 2. The third kappa shape index (κ3) is 10.9. The SMILES string of the molecule is CCN(c1ccc(C(C)C)c(OCCOC)c1)c1ccncc1C(=O)O.CCN(c1ccc(C(C)C)c(OCCOC)c1)c1ccncc1C(=O)O. The molecule has 0 fully saturated rings. The van der Waals surface area contributed by atoms with E-state index in [1.807, 2.05) is 60.0 Å². The van der Waals surface area contributed by atoms with Crippen molar-refractivity contribution in [3.05, 3.63) is 95.6 Å². The van der Waals surface area contributed by atoms with E-state index in [4.69, 9.17) is 18.9 Å². The van der Waals surface area contributed by atoms with Gasteiger partial charge in [-0.15, -0.1) is 0 Å². The Balaban J connectivity index is 0.000000280. The first-order valence-electron chi connectivity index (χ1n) is 17.4. The molecule has 4 aromatic rings. The summed E-state index contributed by atoms with van der Waals surface area (Å²) in [7, 11) is 3.28. The van der Waals surface area contributed by atoms with Crippen LogP contribution in [0.15, 0.2) is 73.3 Å². The van der Waals surface area contributed by atoms with Crippen LogP contribution in [-0.4, -0.2) is 85.9 Å². The highest BCUT2D eigenvalue weighted by Gasteiger charge is 2.20. The van der Waals surface area contributed by atoms with E-state index in [1.54, 1.807) is 38.7 Å². The van der Waals surface area contributed by atoms with Crippen LogP contribution in [0.1, 0.15) is 85.2 Å². The Labute approximate surface area is 307 Å². The minimum absolute atomic E-state index is 0.170. The van der Waals surface area contributed by atoms with Crippen molar-refractivity contribution < 1.29 is 38.7 Å². The zero-order valence-electron chi connectivity index (χ0n) is 31.5. The van der Waals surface area contributed by atoms with Gasteiger partial charge in [-0.3, -0.25) is 9.97 Å². The fourth-order valence-electron chi connectivity index (χ4n) is 5.61. The average molecular weight is 717 g/mol. The molecule has 0 amide bonds. The Morgan fingerprint density at radius 3 is 1.33 bits per heavy atom. The second-order valence-electron chi connectivity index (χ2n) is 12.3. The van der Waals surface area contributed by atoms with E-state index in [2.05, 4.69) is 37.7 Å². The molecule has 0 unspecified atom stereocenters. The fourth-order valence-corrected chi connectivity index (χ4v) is 5.61. The van der Waals surface area contributed by atoms with Crippen molar-refractivity contribution >= 4 is 34.7 Å². The summed E-state index contributed by atoms with van der Waals surface area (Å²) in [5.74, 6) is 0.209. The van der Waals surface area contributed by atoms with E-state index in [0.29, 0.717) is 62.7 Å². The molecule has 2 aromatic carbocycles. The lowest BCUT2D eigenvalue weighted by Gasteiger charge is -2.26. The number of ether oxygens (including phenoxy) is 4. The number of benzene rings is 2. The average Bonchev–Trinajstić information content (AvgIpc) is 3.13. The Bertz CT molecular complexity index is 1620. The molecule has 0 bridgehead atoms. The molecule has 0 saturated carbocycles. The largest absolute Gasteiger partial charge is 0.491 e. The highest BCUT2D eigenvalue weighted by atomic mass is 16.5. The monoisotopic (exact) mass is 716 g/mol. The minimum atomic E-state index is -0.998. The van der Waals surface area contributed by atoms with Gasteiger partial charge in [-0.25, -0.2) is 9.59 Å². The lowest BCUT2D eigenvalue weighted by molar-refractivity contribution is 0.0686. The molecule has 52 heavy (non-hydrogen) atoms. The van der Waals surface area contributed by atoms with Gasteiger partial charge in [0.1, 0.15) is 35.8 Å². The number of aromatic nitrogens is 2. The second-order valence-corrected chi connectivity index (χ2v) is 12.3. The number of carboxylic acid groups (broad SMARTS) is 2. The van der Waals surface area contributed by atoms with E-state index in [1.165, 1.54) is 12.4 Å². The van der Waals surface area contributed by atoms with Crippen molar-refractivity contribution in [1.29, 1.82) is 0 Å². The van der Waals surface area contributed by atoms with Crippen LogP contribution in [0.2, 0.25) is 0 Å².